The highest BCUT2D eigenvalue weighted by Crippen LogP contribution is 2.28. The average molecular weight is 387 g/mol. The Morgan fingerprint density at radius 2 is 2.05 bits per heavy atom. The second-order valence-corrected chi connectivity index (χ2v) is 6.79. The molecule has 0 aliphatic carbocycles. The van der Waals surface area contributed by atoms with Crippen LogP contribution in [0, 0.1) is 5.92 Å². The highest BCUT2D eigenvalue weighted by atomic mass is 79.9. The van der Waals surface area contributed by atoms with Gasteiger partial charge in [0.2, 0.25) is 0 Å². The van der Waals surface area contributed by atoms with Crippen molar-refractivity contribution in [2.45, 2.75) is 26.3 Å². The average Bonchev–Trinajstić information content (AvgIpc) is 2.80. The van der Waals surface area contributed by atoms with Gasteiger partial charge in [0.25, 0.3) is 0 Å². The number of nitrogens with two attached hydrogens (primary N) is 1. The van der Waals surface area contributed by atoms with Crippen LogP contribution in [-0.2, 0) is 0 Å². The van der Waals surface area contributed by atoms with Crippen molar-refractivity contribution in [3.63, 3.8) is 0 Å². The molecule has 1 aromatic heterocycles. The molecule has 3 nitrogen and oxygen atoms in total. The zero-order valence-electron chi connectivity index (χ0n) is 11.0. The van der Waals surface area contributed by atoms with E-state index in [0.29, 0.717) is 5.92 Å². The lowest BCUT2D eigenvalue weighted by molar-refractivity contribution is 0.498. The molecule has 1 heterocycles. The SMILES string of the molecule is CC(C)CC(N)c1cncn1-c1cc(Br)ccc1Br. The van der Waals surface area contributed by atoms with Gasteiger partial charge in [0.05, 0.1) is 23.9 Å². The summed E-state index contributed by atoms with van der Waals surface area (Å²) < 4.78 is 4.09. The van der Waals surface area contributed by atoms with E-state index in [1.54, 1.807) is 0 Å². The molecule has 0 saturated carbocycles. The molecular weight excluding hydrogens is 370 g/mol. The zero-order valence-corrected chi connectivity index (χ0v) is 14.1. The minimum absolute atomic E-state index is 0.00613. The summed E-state index contributed by atoms with van der Waals surface area (Å²) in [6.45, 7) is 4.35. The fourth-order valence-corrected chi connectivity index (χ4v) is 2.87. The first kappa shape index (κ1) is 14.8. The highest BCUT2D eigenvalue weighted by Gasteiger charge is 2.15. The van der Waals surface area contributed by atoms with Crippen LogP contribution in [0.5, 0.6) is 0 Å². The topological polar surface area (TPSA) is 43.8 Å². The fraction of sp³-hybridized carbons (Fsp3) is 0.357. The van der Waals surface area contributed by atoms with Gasteiger partial charge in [-0.3, -0.25) is 0 Å². The van der Waals surface area contributed by atoms with Crippen molar-refractivity contribution in [3.05, 3.63) is 45.4 Å². The molecule has 1 atom stereocenters. The van der Waals surface area contributed by atoms with Crippen molar-refractivity contribution >= 4 is 31.9 Å². The second kappa shape index (κ2) is 6.20. The first-order chi connectivity index (χ1) is 8.99. The van der Waals surface area contributed by atoms with Crippen LogP contribution in [-0.4, -0.2) is 9.55 Å². The Morgan fingerprint density at radius 3 is 2.74 bits per heavy atom. The summed E-state index contributed by atoms with van der Waals surface area (Å²) in [7, 11) is 0. The number of rotatable bonds is 4. The Balaban J connectivity index is 2.41. The first-order valence-corrected chi connectivity index (χ1v) is 7.81. The van der Waals surface area contributed by atoms with Crippen molar-refractivity contribution in [1.29, 1.82) is 0 Å². The van der Waals surface area contributed by atoms with Crippen LogP contribution >= 0.6 is 31.9 Å². The van der Waals surface area contributed by atoms with Gasteiger partial charge in [0, 0.05) is 15.0 Å². The van der Waals surface area contributed by atoms with Crippen LogP contribution in [0.15, 0.2) is 39.7 Å². The molecule has 2 N–H and O–H groups in total. The number of benzene rings is 1. The van der Waals surface area contributed by atoms with Crippen LogP contribution < -0.4 is 5.73 Å². The Kier molecular flexibility index (Phi) is 4.81. The van der Waals surface area contributed by atoms with Gasteiger partial charge in [-0.25, -0.2) is 4.98 Å². The van der Waals surface area contributed by atoms with Crippen LogP contribution in [0.4, 0.5) is 0 Å². The van der Waals surface area contributed by atoms with Crippen molar-refractivity contribution in [1.82, 2.24) is 9.55 Å². The van der Waals surface area contributed by atoms with E-state index in [2.05, 4.69) is 56.8 Å². The normalized spacial score (nSPS) is 12.9. The molecule has 1 aromatic carbocycles. The third-order valence-corrected chi connectivity index (χ3v) is 4.10. The number of halogens is 2. The van der Waals surface area contributed by atoms with E-state index >= 15 is 0 Å². The number of hydrogen-bond donors (Lipinski definition) is 1. The van der Waals surface area contributed by atoms with Gasteiger partial charge >= 0.3 is 0 Å². The summed E-state index contributed by atoms with van der Waals surface area (Å²) in [6.07, 6.45) is 4.60. The molecule has 0 amide bonds. The third-order valence-electron chi connectivity index (χ3n) is 2.94. The summed E-state index contributed by atoms with van der Waals surface area (Å²) in [5, 5.41) is 0. The van der Waals surface area contributed by atoms with Gasteiger partial charge in [0.15, 0.2) is 0 Å². The Bertz CT molecular complexity index is 564. The summed E-state index contributed by atoms with van der Waals surface area (Å²) in [6, 6.07) is 6.06. The predicted octanol–water partition coefficient (Wildman–Crippen LogP) is 4.44. The van der Waals surface area contributed by atoms with E-state index < -0.39 is 0 Å². The molecule has 0 aliphatic rings. The largest absolute Gasteiger partial charge is 0.323 e. The van der Waals surface area contributed by atoms with Crippen LogP contribution in [0.2, 0.25) is 0 Å². The van der Waals surface area contributed by atoms with Crippen LogP contribution in [0.1, 0.15) is 32.0 Å². The smallest absolute Gasteiger partial charge is 0.0995 e. The van der Waals surface area contributed by atoms with Gasteiger partial charge in [-0.15, -0.1) is 0 Å². The summed E-state index contributed by atoms with van der Waals surface area (Å²) >= 11 is 7.07. The first-order valence-electron chi connectivity index (χ1n) is 6.22. The van der Waals surface area contributed by atoms with E-state index in [9.17, 15) is 0 Å². The third kappa shape index (κ3) is 3.46. The molecular formula is C14H17Br2N3. The Morgan fingerprint density at radius 1 is 1.32 bits per heavy atom. The van der Waals surface area contributed by atoms with E-state index in [-0.39, 0.29) is 6.04 Å². The second-order valence-electron chi connectivity index (χ2n) is 5.02. The van der Waals surface area contributed by atoms with Gasteiger partial charge in [-0.05, 0) is 46.5 Å². The lowest BCUT2D eigenvalue weighted by Crippen LogP contribution is -2.16. The summed E-state index contributed by atoms with van der Waals surface area (Å²) in [5.74, 6) is 0.560. The van der Waals surface area contributed by atoms with Gasteiger partial charge in [-0.2, -0.15) is 0 Å². The molecule has 1 unspecified atom stereocenters. The lowest BCUT2D eigenvalue weighted by Gasteiger charge is -2.17. The Hall–Kier alpha value is -0.650. The molecule has 2 aromatic rings. The summed E-state index contributed by atoms with van der Waals surface area (Å²) in [5.41, 5.74) is 8.36. The molecule has 5 heteroatoms. The molecule has 0 spiro atoms. The van der Waals surface area contributed by atoms with E-state index in [1.165, 1.54) is 0 Å². The van der Waals surface area contributed by atoms with E-state index in [4.69, 9.17) is 5.73 Å². The minimum atomic E-state index is -0.00613. The number of nitrogens with zero attached hydrogens (tertiary/aromatic N) is 2. The molecule has 0 radical (unpaired) electrons. The van der Waals surface area contributed by atoms with E-state index in [1.807, 2.05) is 29.2 Å². The molecule has 0 saturated heterocycles. The van der Waals surface area contributed by atoms with Crippen molar-refractivity contribution in [2.24, 2.45) is 11.7 Å². The van der Waals surface area contributed by atoms with Crippen molar-refractivity contribution < 1.29 is 0 Å². The minimum Gasteiger partial charge on any atom is -0.323 e. The monoisotopic (exact) mass is 385 g/mol. The van der Waals surface area contributed by atoms with Crippen LogP contribution in [0.3, 0.4) is 0 Å². The van der Waals surface area contributed by atoms with Gasteiger partial charge < -0.3 is 10.3 Å². The molecule has 102 valence electrons. The van der Waals surface area contributed by atoms with E-state index in [0.717, 1.165) is 26.7 Å². The number of aromatic nitrogens is 2. The number of hydrogen-bond acceptors (Lipinski definition) is 2. The maximum atomic E-state index is 6.28. The zero-order chi connectivity index (χ0) is 14.0. The van der Waals surface area contributed by atoms with Crippen molar-refractivity contribution in [3.8, 4) is 5.69 Å². The molecule has 0 aliphatic heterocycles. The molecule has 2 rings (SSSR count). The van der Waals surface area contributed by atoms with Gasteiger partial charge in [0.1, 0.15) is 0 Å². The predicted molar refractivity (Wildman–Crippen MR) is 85.3 cm³/mol. The maximum Gasteiger partial charge on any atom is 0.0995 e. The molecule has 19 heavy (non-hydrogen) atoms. The quantitative estimate of drug-likeness (QED) is 0.843. The fourth-order valence-electron chi connectivity index (χ4n) is 2.08. The number of imidazole rings is 1. The maximum absolute atomic E-state index is 6.28. The summed E-state index contributed by atoms with van der Waals surface area (Å²) in [4.78, 5) is 4.24. The molecule has 0 fully saturated rings. The highest BCUT2D eigenvalue weighted by molar-refractivity contribution is 9.11. The van der Waals surface area contributed by atoms with Crippen molar-refractivity contribution in [2.75, 3.05) is 0 Å². The lowest BCUT2D eigenvalue weighted by atomic mass is 10.0. The Labute approximate surface area is 130 Å². The molecule has 0 bridgehead atoms. The standard InChI is InChI=1S/C14H17Br2N3/c1-9(2)5-12(17)14-7-18-8-19(14)13-6-10(15)3-4-11(13)16/h3-4,6-9,12H,5,17H2,1-2H3. The van der Waals surface area contributed by atoms with Gasteiger partial charge in [-0.1, -0.05) is 29.8 Å². The van der Waals surface area contributed by atoms with Crippen LogP contribution in [0.25, 0.3) is 5.69 Å².